The van der Waals surface area contributed by atoms with E-state index in [4.69, 9.17) is 14.2 Å². The van der Waals surface area contributed by atoms with Crippen LogP contribution in [0.4, 0.5) is 0 Å². The van der Waals surface area contributed by atoms with Gasteiger partial charge in [0.25, 0.3) is 0 Å². The molecule has 1 fully saturated rings. The van der Waals surface area contributed by atoms with Gasteiger partial charge in [0.1, 0.15) is 0 Å². The first-order chi connectivity index (χ1) is 10.3. The van der Waals surface area contributed by atoms with E-state index in [1.165, 1.54) is 6.42 Å². The Morgan fingerprint density at radius 1 is 1.00 bits per heavy atom. The first-order valence-electron chi connectivity index (χ1n) is 8.38. The smallest absolute Gasteiger partial charge is 0.0701 e. The molecule has 1 atom stereocenters. The maximum atomic E-state index is 9.57. The predicted molar refractivity (Wildman–Crippen MR) is 83.6 cm³/mol. The Kier molecular flexibility index (Phi) is 11.1. The van der Waals surface area contributed by atoms with Gasteiger partial charge < -0.3 is 24.6 Å². The lowest BCUT2D eigenvalue weighted by Crippen LogP contribution is -2.43. The SMILES string of the molecule is CCCCOCCOCCOCCC1(CO)CCCNC1. The highest BCUT2D eigenvalue weighted by Crippen LogP contribution is 2.29. The molecule has 0 aromatic heterocycles. The first kappa shape index (κ1) is 18.8. The minimum atomic E-state index is 0.0201. The van der Waals surface area contributed by atoms with Crippen LogP contribution in [0.15, 0.2) is 0 Å². The first-order valence-corrected chi connectivity index (χ1v) is 8.38. The summed E-state index contributed by atoms with van der Waals surface area (Å²) in [6.07, 6.45) is 5.42. The molecule has 0 radical (unpaired) electrons. The normalized spacial score (nSPS) is 22.6. The molecule has 5 heteroatoms. The van der Waals surface area contributed by atoms with Gasteiger partial charge >= 0.3 is 0 Å². The number of hydrogen-bond donors (Lipinski definition) is 2. The maximum absolute atomic E-state index is 9.57. The summed E-state index contributed by atoms with van der Waals surface area (Å²) in [5.74, 6) is 0. The van der Waals surface area contributed by atoms with E-state index in [2.05, 4.69) is 12.2 Å². The lowest BCUT2D eigenvalue weighted by Gasteiger charge is -2.36. The molecule has 0 saturated carbocycles. The van der Waals surface area contributed by atoms with E-state index in [1.54, 1.807) is 0 Å². The number of unbranched alkanes of at least 4 members (excludes halogenated alkanes) is 1. The quantitative estimate of drug-likeness (QED) is 0.506. The molecule has 0 aliphatic carbocycles. The molecule has 1 rings (SSSR count). The molecular weight excluding hydrogens is 270 g/mol. The van der Waals surface area contributed by atoms with Crippen LogP contribution in [0.25, 0.3) is 0 Å². The van der Waals surface area contributed by atoms with Gasteiger partial charge in [0.15, 0.2) is 0 Å². The molecule has 1 aliphatic heterocycles. The van der Waals surface area contributed by atoms with E-state index in [9.17, 15) is 5.11 Å². The van der Waals surface area contributed by atoms with Crippen molar-refractivity contribution in [3.8, 4) is 0 Å². The molecule has 21 heavy (non-hydrogen) atoms. The number of rotatable bonds is 13. The Morgan fingerprint density at radius 2 is 1.67 bits per heavy atom. The second kappa shape index (κ2) is 12.4. The lowest BCUT2D eigenvalue weighted by molar-refractivity contribution is -0.000946. The summed E-state index contributed by atoms with van der Waals surface area (Å²) in [5, 5.41) is 12.9. The highest BCUT2D eigenvalue weighted by molar-refractivity contribution is 4.84. The Hall–Kier alpha value is -0.200. The Labute approximate surface area is 129 Å². The number of ether oxygens (including phenoxy) is 3. The molecule has 2 N–H and O–H groups in total. The van der Waals surface area contributed by atoms with Crippen molar-refractivity contribution >= 4 is 0 Å². The number of aliphatic hydroxyl groups is 1. The average Bonchev–Trinajstić information content (AvgIpc) is 2.53. The van der Waals surface area contributed by atoms with Crippen LogP contribution in [0.5, 0.6) is 0 Å². The van der Waals surface area contributed by atoms with Gasteiger partial charge in [-0.1, -0.05) is 13.3 Å². The second-order valence-corrected chi connectivity index (χ2v) is 5.88. The van der Waals surface area contributed by atoms with Crippen molar-refractivity contribution in [2.75, 3.05) is 59.3 Å². The Bertz CT molecular complexity index is 232. The van der Waals surface area contributed by atoms with Crippen LogP contribution < -0.4 is 5.32 Å². The minimum Gasteiger partial charge on any atom is -0.396 e. The van der Waals surface area contributed by atoms with Crippen molar-refractivity contribution in [1.82, 2.24) is 5.32 Å². The Morgan fingerprint density at radius 3 is 2.24 bits per heavy atom. The summed E-state index contributed by atoms with van der Waals surface area (Å²) < 4.78 is 16.5. The molecule has 0 aromatic rings. The van der Waals surface area contributed by atoms with Crippen molar-refractivity contribution in [1.29, 1.82) is 0 Å². The van der Waals surface area contributed by atoms with Gasteiger partial charge in [0, 0.05) is 31.8 Å². The summed E-state index contributed by atoms with van der Waals surface area (Å²) in [6.45, 7) is 8.42. The van der Waals surface area contributed by atoms with E-state index in [1.807, 2.05) is 0 Å². The van der Waals surface area contributed by atoms with E-state index >= 15 is 0 Å². The molecule has 5 nitrogen and oxygen atoms in total. The molecule has 0 spiro atoms. The van der Waals surface area contributed by atoms with Gasteiger partial charge in [0.05, 0.1) is 26.4 Å². The summed E-state index contributed by atoms with van der Waals surface area (Å²) in [7, 11) is 0. The minimum absolute atomic E-state index is 0.0201. The topological polar surface area (TPSA) is 60.0 Å². The fraction of sp³-hybridized carbons (Fsp3) is 1.00. The van der Waals surface area contributed by atoms with Gasteiger partial charge in [-0.05, 0) is 32.2 Å². The third-order valence-corrected chi connectivity index (χ3v) is 4.06. The fourth-order valence-electron chi connectivity index (χ4n) is 2.53. The van der Waals surface area contributed by atoms with E-state index in [-0.39, 0.29) is 12.0 Å². The van der Waals surface area contributed by atoms with Crippen LogP contribution in [0.3, 0.4) is 0 Å². The summed E-state index contributed by atoms with van der Waals surface area (Å²) in [5.41, 5.74) is 0.0201. The standard InChI is InChI=1S/C16H33NO4/c1-2-3-8-19-10-12-21-13-11-20-9-6-16(15-18)5-4-7-17-14-16/h17-18H,2-15H2,1H3. The van der Waals surface area contributed by atoms with Crippen LogP contribution in [0.2, 0.25) is 0 Å². The highest BCUT2D eigenvalue weighted by Gasteiger charge is 2.30. The third kappa shape index (κ3) is 8.73. The lowest BCUT2D eigenvalue weighted by atomic mass is 9.79. The van der Waals surface area contributed by atoms with Crippen molar-refractivity contribution in [2.45, 2.75) is 39.0 Å². The van der Waals surface area contributed by atoms with Gasteiger partial charge in [-0.25, -0.2) is 0 Å². The number of piperidine rings is 1. The number of aliphatic hydroxyl groups excluding tert-OH is 1. The zero-order valence-corrected chi connectivity index (χ0v) is 13.6. The summed E-state index contributed by atoms with van der Waals surface area (Å²) in [4.78, 5) is 0. The zero-order valence-electron chi connectivity index (χ0n) is 13.6. The summed E-state index contributed by atoms with van der Waals surface area (Å²) >= 11 is 0. The van der Waals surface area contributed by atoms with E-state index in [0.717, 1.165) is 45.4 Å². The van der Waals surface area contributed by atoms with Gasteiger partial charge in [0.2, 0.25) is 0 Å². The second-order valence-electron chi connectivity index (χ2n) is 5.88. The molecule has 1 heterocycles. The van der Waals surface area contributed by atoms with Crippen LogP contribution in [-0.2, 0) is 14.2 Å². The molecule has 1 saturated heterocycles. The summed E-state index contributed by atoms with van der Waals surface area (Å²) in [6, 6.07) is 0. The fourth-order valence-corrected chi connectivity index (χ4v) is 2.53. The van der Waals surface area contributed by atoms with Crippen molar-refractivity contribution in [3.05, 3.63) is 0 Å². The molecule has 0 bridgehead atoms. The van der Waals surface area contributed by atoms with Gasteiger partial charge in [-0.3, -0.25) is 0 Å². The van der Waals surface area contributed by atoms with Crippen LogP contribution in [0.1, 0.15) is 39.0 Å². The largest absolute Gasteiger partial charge is 0.396 e. The molecule has 0 aromatic carbocycles. The molecule has 1 unspecified atom stereocenters. The van der Waals surface area contributed by atoms with Crippen LogP contribution in [-0.4, -0.2) is 64.4 Å². The molecule has 1 aliphatic rings. The van der Waals surface area contributed by atoms with Crippen LogP contribution >= 0.6 is 0 Å². The van der Waals surface area contributed by atoms with Crippen molar-refractivity contribution in [3.63, 3.8) is 0 Å². The molecule has 0 amide bonds. The number of nitrogens with one attached hydrogen (secondary N) is 1. The van der Waals surface area contributed by atoms with E-state index < -0.39 is 0 Å². The van der Waals surface area contributed by atoms with Gasteiger partial charge in [-0.15, -0.1) is 0 Å². The van der Waals surface area contributed by atoms with Crippen molar-refractivity contribution in [2.24, 2.45) is 5.41 Å². The van der Waals surface area contributed by atoms with E-state index in [0.29, 0.717) is 33.0 Å². The Balaban J connectivity index is 1.87. The highest BCUT2D eigenvalue weighted by atomic mass is 16.5. The van der Waals surface area contributed by atoms with Gasteiger partial charge in [-0.2, -0.15) is 0 Å². The third-order valence-electron chi connectivity index (χ3n) is 4.06. The monoisotopic (exact) mass is 303 g/mol. The zero-order chi connectivity index (χ0) is 15.2. The molecule has 126 valence electrons. The maximum Gasteiger partial charge on any atom is 0.0701 e. The molecular formula is C16H33NO4. The van der Waals surface area contributed by atoms with Crippen LogP contribution in [0, 0.1) is 5.41 Å². The van der Waals surface area contributed by atoms with Crippen molar-refractivity contribution < 1.29 is 19.3 Å². The average molecular weight is 303 g/mol. The number of hydrogen-bond acceptors (Lipinski definition) is 5. The predicted octanol–water partition coefficient (Wildman–Crippen LogP) is 1.59.